The fourth-order valence-electron chi connectivity index (χ4n) is 1.63. The van der Waals surface area contributed by atoms with Gasteiger partial charge in [0, 0.05) is 44.3 Å². The molecule has 0 spiro atoms. The van der Waals surface area contributed by atoms with Crippen LogP contribution < -0.4 is 10.6 Å². The number of nitrogens with zero attached hydrogens (tertiary/aromatic N) is 4. The zero-order valence-electron chi connectivity index (χ0n) is 10.7. The van der Waals surface area contributed by atoms with E-state index in [0.717, 1.165) is 30.9 Å². The predicted octanol–water partition coefficient (Wildman–Crippen LogP) is 1.53. The minimum atomic E-state index is 0.637. The molecule has 96 valence electrons. The number of aryl methyl sites for hydroxylation is 2. The summed E-state index contributed by atoms with van der Waals surface area (Å²) in [6.07, 6.45) is 8.43. The van der Waals surface area contributed by atoms with Crippen molar-refractivity contribution >= 4 is 11.8 Å². The summed E-state index contributed by atoms with van der Waals surface area (Å²) in [7, 11) is 1.81. The summed E-state index contributed by atoms with van der Waals surface area (Å²) in [5.41, 5.74) is 1.05. The molecule has 0 aromatic carbocycles. The molecule has 0 aliphatic heterocycles. The van der Waals surface area contributed by atoms with Gasteiger partial charge >= 0.3 is 0 Å². The van der Waals surface area contributed by atoms with Crippen LogP contribution in [0.25, 0.3) is 0 Å². The van der Waals surface area contributed by atoms with Gasteiger partial charge < -0.3 is 15.2 Å². The number of hydrogen-bond acceptors (Lipinski definition) is 5. The highest BCUT2D eigenvalue weighted by Crippen LogP contribution is 2.11. The average Bonchev–Trinajstić information content (AvgIpc) is 2.89. The minimum absolute atomic E-state index is 0.637. The van der Waals surface area contributed by atoms with E-state index in [-0.39, 0.29) is 0 Å². The molecule has 0 bridgehead atoms. The molecule has 0 saturated carbocycles. The summed E-state index contributed by atoms with van der Waals surface area (Å²) in [5, 5.41) is 6.26. The summed E-state index contributed by atoms with van der Waals surface area (Å²) in [5.74, 6) is 1.53. The molecule has 2 N–H and O–H groups in total. The Morgan fingerprint density at radius 2 is 2.28 bits per heavy atom. The van der Waals surface area contributed by atoms with Gasteiger partial charge in [-0.05, 0) is 13.3 Å². The molecule has 6 heteroatoms. The smallest absolute Gasteiger partial charge is 0.224 e. The molecule has 0 unspecified atom stereocenters. The number of anilines is 2. The molecule has 0 radical (unpaired) electrons. The van der Waals surface area contributed by atoms with Crippen LogP contribution in [0.2, 0.25) is 0 Å². The van der Waals surface area contributed by atoms with Crippen molar-refractivity contribution in [2.45, 2.75) is 19.9 Å². The monoisotopic (exact) mass is 246 g/mol. The van der Waals surface area contributed by atoms with Crippen LogP contribution in [0.5, 0.6) is 0 Å². The van der Waals surface area contributed by atoms with Crippen LogP contribution in [-0.4, -0.2) is 33.1 Å². The van der Waals surface area contributed by atoms with E-state index in [2.05, 4.69) is 30.2 Å². The molecule has 0 saturated heterocycles. The van der Waals surface area contributed by atoms with Crippen molar-refractivity contribution in [3.05, 3.63) is 30.5 Å². The van der Waals surface area contributed by atoms with Crippen LogP contribution in [0.15, 0.2) is 24.9 Å². The highest BCUT2D eigenvalue weighted by molar-refractivity contribution is 5.46. The third-order valence-corrected chi connectivity index (χ3v) is 2.64. The van der Waals surface area contributed by atoms with Gasteiger partial charge in [0.05, 0.1) is 6.33 Å². The van der Waals surface area contributed by atoms with Gasteiger partial charge in [0.1, 0.15) is 5.82 Å². The summed E-state index contributed by atoms with van der Waals surface area (Å²) >= 11 is 0. The predicted molar refractivity (Wildman–Crippen MR) is 71.6 cm³/mol. The molecule has 0 amide bonds. The molecule has 2 rings (SSSR count). The minimum Gasteiger partial charge on any atom is -0.370 e. The quantitative estimate of drug-likeness (QED) is 0.756. The lowest BCUT2D eigenvalue weighted by molar-refractivity contribution is 0.660. The Labute approximate surface area is 106 Å². The molecule has 2 heterocycles. The summed E-state index contributed by atoms with van der Waals surface area (Å²) in [4.78, 5) is 12.5. The lowest BCUT2D eigenvalue weighted by Crippen LogP contribution is -2.09. The Bertz CT molecular complexity index is 479. The van der Waals surface area contributed by atoms with Crippen LogP contribution in [-0.2, 0) is 6.54 Å². The zero-order valence-corrected chi connectivity index (χ0v) is 10.7. The van der Waals surface area contributed by atoms with E-state index < -0.39 is 0 Å². The first-order valence-corrected chi connectivity index (χ1v) is 6.00. The van der Waals surface area contributed by atoms with Crippen molar-refractivity contribution < 1.29 is 0 Å². The molecule has 18 heavy (non-hydrogen) atoms. The SMILES string of the molecule is CNc1ncc(C)c(NCCCn2ccnc2)n1. The fourth-order valence-corrected chi connectivity index (χ4v) is 1.63. The van der Waals surface area contributed by atoms with E-state index in [1.54, 1.807) is 6.20 Å². The summed E-state index contributed by atoms with van der Waals surface area (Å²) in [6.45, 7) is 3.83. The first-order valence-electron chi connectivity index (χ1n) is 6.00. The molecular weight excluding hydrogens is 228 g/mol. The second-order valence-corrected chi connectivity index (χ2v) is 4.06. The van der Waals surface area contributed by atoms with Gasteiger partial charge in [-0.3, -0.25) is 0 Å². The number of aromatic nitrogens is 4. The number of hydrogen-bond donors (Lipinski definition) is 2. The van der Waals surface area contributed by atoms with E-state index in [1.807, 2.05) is 32.7 Å². The van der Waals surface area contributed by atoms with E-state index in [4.69, 9.17) is 0 Å². The normalized spacial score (nSPS) is 10.3. The van der Waals surface area contributed by atoms with Gasteiger partial charge in [-0.2, -0.15) is 4.98 Å². The lowest BCUT2D eigenvalue weighted by Gasteiger charge is -2.09. The van der Waals surface area contributed by atoms with Crippen molar-refractivity contribution in [3.8, 4) is 0 Å². The maximum atomic E-state index is 4.37. The molecular formula is C12H18N6. The van der Waals surface area contributed by atoms with Gasteiger partial charge in [0.25, 0.3) is 0 Å². The molecule has 0 aliphatic rings. The fraction of sp³-hybridized carbons (Fsp3) is 0.417. The van der Waals surface area contributed by atoms with Crippen LogP contribution in [0.1, 0.15) is 12.0 Å². The third kappa shape index (κ3) is 3.19. The number of imidazole rings is 1. The maximum absolute atomic E-state index is 4.37. The maximum Gasteiger partial charge on any atom is 0.224 e. The molecule has 0 fully saturated rings. The molecule has 6 nitrogen and oxygen atoms in total. The first-order chi connectivity index (χ1) is 8.79. The molecule has 2 aromatic rings. The van der Waals surface area contributed by atoms with Crippen LogP contribution in [0, 0.1) is 6.92 Å². The second-order valence-electron chi connectivity index (χ2n) is 4.06. The average molecular weight is 246 g/mol. The first kappa shape index (κ1) is 12.3. The standard InChI is InChI=1S/C12H18N6/c1-10-8-16-12(13-2)17-11(10)15-4-3-6-18-7-5-14-9-18/h5,7-9H,3-4,6H2,1-2H3,(H2,13,15,16,17). The Balaban J connectivity index is 1.82. The zero-order chi connectivity index (χ0) is 12.8. The van der Waals surface area contributed by atoms with Crippen LogP contribution in [0.4, 0.5) is 11.8 Å². The van der Waals surface area contributed by atoms with E-state index in [0.29, 0.717) is 5.95 Å². The van der Waals surface area contributed by atoms with E-state index in [9.17, 15) is 0 Å². The number of nitrogens with one attached hydrogen (secondary N) is 2. The van der Waals surface area contributed by atoms with Crippen molar-refractivity contribution in [2.24, 2.45) is 0 Å². The highest BCUT2D eigenvalue weighted by atomic mass is 15.1. The van der Waals surface area contributed by atoms with Gasteiger partial charge in [0.15, 0.2) is 0 Å². The van der Waals surface area contributed by atoms with Crippen molar-refractivity contribution in [3.63, 3.8) is 0 Å². The van der Waals surface area contributed by atoms with Gasteiger partial charge in [0.2, 0.25) is 5.95 Å². The summed E-state index contributed by atoms with van der Waals surface area (Å²) < 4.78 is 2.06. The van der Waals surface area contributed by atoms with Crippen LogP contribution >= 0.6 is 0 Å². The van der Waals surface area contributed by atoms with Gasteiger partial charge in [-0.25, -0.2) is 9.97 Å². The third-order valence-electron chi connectivity index (χ3n) is 2.64. The van der Waals surface area contributed by atoms with Crippen molar-refractivity contribution in [1.82, 2.24) is 19.5 Å². The lowest BCUT2D eigenvalue weighted by atomic mass is 10.3. The van der Waals surface area contributed by atoms with Crippen molar-refractivity contribution in [2.75, 3.05) is 24.2 Å². The van der Waals surface area contributed by atoms with Gasteiger partial charge in [-0.1, -0.05) is 0 Å². The van der Waals surface area contributed by atoms with E-state index in [1.165, 1.54) is 0 Å². The van der Waals surface area contributed by atoms with Crippen LogP contribution in [0.3, 0.4) is 0 Å². The topological polar surface area (TPSA) is 67.7 Å². The summed E-state index contributed by atoms with van der Waals surface area (Å²) in [6, 6.07) is 0. The van der Waals surface area contributed by atoms with Gasteiger partial charge in [-0.15, -0.1) is 0 Å². The molecule has 2 aromatic heterocycles. The second kappa shape index (κ2) is 6.00. The Morgan fingerprint density at radius 3 is 3.00 bits per heavy atom. The largest absolute Gasteiger partial charge is 0.370 e. The number of rotatable bonds is 6. The van der Waals surface area contributed by atoms with E-state index >= 15 is 0 Å². The Hall–Kier alpha value is -2.11. The molecule has 0 atom stereocenters. The van der Waals surface area contributed by atoms with Crippen molar-refractivity contribution in [1.29, 1.82) is 0 Å². The Morgan fingerprint density at radius 1 is 1.39 bits per heavy atom. The Kier molecular flexibility index (Phi) is 4.11. The highest BCUT2D eigenvalue weighted by Gasteiger charge is 2.01. The molecule has 0 aliphatic carbocycles.